The molecule has 2 heterocycles. The molecule has 3 rings (SSSR count). The van der Waals surface area contributed by atoms with Crippen molar-refractivity contribution in [1.29, 1.82) is 0 Å². The number of anilines is 2. The molecule has 0 atom stereocenters. The van der Waals surface area contributed by atoms with E-state index >= 15 is 0 Å². The highest BCUT2D eigenvalue weighted by Crippen LogP contribution is 2.30. The standard InChI is InChI=1S/C17H18N2O2S/c1-12(20)19-9-8-13-11-14(4-6-16(13)19)18-17(21)7-5-15-3-2-10-22-15/h2-4,6,10-11H,5,7-9H2,1H3,(H,18,21). The minimum atomic E-state index is 0.0229. The van der Waals surface area contributed by atoms with Gasteiger partial charge in [0.1, 0.15) is 0 Å². The number of carbonyl (C=O) groups excluding carboxylic acids is 2. The van der Waals surface area contributed by atoms with Gasteiger partial charge >= 0.3 is 0 Å². The zero-order valence-corrected chi connectivity index (χ0v) is 13.3. The van der Waals surface area contributed by atoms with Gasteiger partial charge in [-0.15, -0.1) is 11.3 Å². The van der Waals surface area contributed by atoms with Crippen molar-refractivity contribution < 1.29 is 9.59 Å². The highest BCUT2D eigenvalue weighted by molar-refractivity contribution is 7.09. The molecule has 0 radical (unpaired) electrons. The molecule has 5 heteroatoms. The fourth-order valence-corrected chi connectivity index (χ4v) is 3.43. The molecule has 1 aromatic carbocycles. The highest BCUT2D eigenvalue weighted by atomic mass is 32.1. The van der Waals surface area contributed by atoms with Gasteiger partial charge in [0.05, 0.1) is 0 Å². The average molecular weight is 314 g/mol. The summed E-state index contributed by atoms with van der Waals surface area (Å²) in [5.74, 6) is 0.0845. The van der Waals surface area contributed by atoms with E-state index in [1.54, 1.807) is 23.2 Å². The van der Waals surface area contributed by atoms with Crippen molar-refractivity contribution in [2.45, 2.75) is 26.2 Å². The molecule has 0 spiro atoms. The van der Waals surface area contributed by atoms with Crippen molar-refractivity contribution in [1.82, 2.24) is 0 Å². The van der Waals surface area contributed by atoms with Crippen LogP contribution in [0.5, 0.6) is 0 Å². The van der Waals surface area contributed by atoms with Crippen LogP contribution in [-0.4, -0.2) is 18.4 Å². The van der Waals surface area contributed by atoms with E-state index in [9.17, 15) is 9.59 Å². The first-order valence-electron chi connectivity index (χ1n) is 7.37. The number of fused-ring (bicyclic) bond motifs is 1. The third-order valence-electron chi connectivity index (χ3n) is 3.82. The fourth-order valence-electron chi connectivity index (χ4n) is 2.72. The molecule has 1 aliphatic heterocycles. The molecule has 1 aromatic heterocycles. The van der Waals surface area contributed by atoms with Crippen LogP contribution in [-0.2, 0) is 22.4 Å². The van der Waals surface area contributed by atoms with Gasteiger partial charge in [0.2, 0.25) is 11.8 Å². The van der Waals surface area contributed by atoms with Crippen molar-refractivity contribution in [2.24, 2.45) is 0 Å². The van der Waals surface area contributed by atoms with Crippen LogP contribution in [0, 0.1) is 0 Å². The van der Waals surface area contributed by atoms with Gasteiger partial charge in [-0.05, 0) is 48.1 Å². The summed E-state index contributed by atoms with van der Waals surface area (Å²) in [5.41, 5.74) is 2.88. The number of hydrogen-bond acceptors (Lipinski definition) is 3. The van der Waals surface area contributed by atoms with Crippen molar-refractivity contribution in [3.63, 3.8) is 0 Å². The lowest BCUT2D eigenvalue weighted by molar-refractivity contribution is -0.117. The molecule has 4 nitrogen and oxygen atoms in total. The maximum absolute atomic E-state index is 12.0. The van der Waals surface area contributed by atoms with Gasteiger partial charge in [0.25, 0.3) is 0 Å². The lowest BCUT2D eigenvalue weighted by atomic mass is 10.1. The number of aryl methyl sites for hydroxylation is 1. The average Bonchev–Trinajstić information content (AvgIpc) is 3.14. The Morgan fingerprint density at radius 2 is 2.18 bits per heavy atom. The van der Waals surface area contributed by atoms with Gasteiger partial charge in [0, 0.05) is 36.1 Å². The van der Waals surface area contributed by atoms with Crippen molar-refractivity contribution in [3.8, 4) is 0 Å². The summed E-state index contributed by atoms with van der Waals surface area (Å²) in [4.78, 5) is 26.5. The van der Waals surface area contributed by atoms with Crippen LogP contribution in [0.4, 0.5) is 11.4 Å². The van der Waals surface area contributed by atoms with Gasteiger partial charge in [-0.3, -0.25) is 9.59 Å². The normalized spacial score (nSPS) is 13.0. The van der Waals surface area contributed by atoms with Gasteiger partial charge in [0.15, 0.2) is 0 Å². The lowest BCUT2D eigenvalue weighted by Gasteiger charge is -2.15. The Morgan fingerprint density at radius 1 is 1.32 bits per heavy atom. The van der Waals surface area contributed by atoms with Crippen molar-refractivity contribution in [2.75, 3.05) is 16.8 Å². The van der Waals surface area contributed by atoms with Gasteiger partial charge < -0.3 is 10.2 Å². The maximum Gasteiger partial charge on any atom is 0.224 e. The van der Waals surface area contributed by atoms with Crippen LogP contribution in [0.1, 0.15) is 23.8 Å². The zero-order chi connectivity index (χ0) is 15.5. The van der Waals surface area contributed by atoms with E-state index in [2.05, 4.69) is 5.32 Å². The molecule has 22 heavy (non-hydrogen) atoms. The largest absolute Gasteiger partial charge is 0.326 e. The third kappa shape index (κ3) is 3.20. The predicted molar refractivity (Wildman–Crippen MR) is 89.4 cm³/mol. The third-order valence-corrected chi connectivity index (χ3v) is 4.75. The second-order valence-electron chi connectivity index (χ2n) is 5.39. The number of benzene rings is 1. The van der Waals surface area contributed by atoms with E-state index in [0.717, 1.165) is 36.3 Å². The second-order valence-corrected chi connectivity index (χ2v) is 6.42. The summed E-state index contributed by atoms with van der Waals surface area (Å²) in [7, 11) is 0. The summed E-state index contributed by atoms with van der Waals surface area (Å²) < 4.78 is 0. The Balaban J connectivity index is 1.61. The molecule has 0 aliphatic carbocycles. The maximum atomic E-state index is 12.0. The van der Waals surface area contributed by atoms with Crippen LogP contribution in [0.15, 0.2) is 35.7 Å². The molecular formula is C17H18N2O2S. The molecular weight excluding hydrogens is 296 g/mol. The summed E-state index contributed by atoms with van der Waals surface area (Å²) in [6.45, 7) is 2.30. The molecule has 2 amide bonds. The Kier molecular flexibility index (Phi) is 4.24. The molecule has 0 saturated carbocycles. The number of rotatable bonds is 4. The SMILES string of the molecule is CC(=O)N1CCc2cc(NC(=O)CCc3cccs3)ccc21. The van der Waals surface area contributed by atoms with E-state index in [1.165, 1.54) is 4.88 Å². The zero-order valence-electron chi connectivity index (χ0n) is 12.5. The van der Waals surface area contributed by atoms with E-state index in [-0.39, 0.29) is 11.8 Å². The minimum absolute atomic E-state index is 0.0229. The Labute approximate surface area is 133 Å². The smallest absolute Gasteiger partial charge is 0.224 e. The van der Waals surface area contributed by atoms with Crippen molar-refractivity contribution in [3.05, 3.63) is 46.2 Å². The van der Waals surface area contributed by atoms with Crippen molar-refractivity contribution >= 4 is 34.5 Å². The van der Waals surface area contributed by atoms with Gasteiger partial charge in [-0.1, -0.05) is 6.07 Å². The molecule has 1 aliphatic rings. The van der Waals surface area contributed by atoms with E-state index in [1.807, 2.05) is 35.7 Å². The molecule has 0 bridgehead atoms. The van der Waals surface area contributed by atoms with Gasteiger partial charge in [-0.2, -0.15) is 0 Å². The number of amides is 2. The second kappa shape index (κ2) is 6.32. The van der Waals surface area contributed by atoms with Crippen LogP contribution < -0.4 is 10.2 Å². The molecule has 0 fully saturated rings. The van der Waals surface area contributed by atoms with Gasteiger partial charge in [-0.25, -0.2) is 0 Å². The Morgan fingerprint density at radius 3 is 2.91 bits per heavy atom. The summed E-state index contributed by atoms with van der Waals surface area (Å²) >= 11 is 1.67. The summed E-state index contributed by atoms with van der Waals surface area (Å²) in [6, 6.07) is 9.80. The molecule has 0 unspecified atom stereocenters. The number of carbonyl (C=O) groups is 2. The molecule has 2 aromatic rings. The first kappa shape index (κ1) is 14.8. The van der Waals surface area contributed by atoms with E-state index in [0.29, 0.717) is 6.42 Å². The van der Waals surface area contributed by atoms with Crippen LogP contribution in [0.25, 0.3) is 0 Å². The lowest BCUT2D eigenvalue weighted by Crippen LogP contribution is -2.25. The minimum Gasteiger partial charge on any atom is -0.326 e. The monoisotopic (exact) mass is 314 g/mol. The molecule has 114 valence electrons. The summed E-state index contributed by atoms with van der Waals surface area (Å²) in [5, 5.41) is 4.96. The fraction of sp³-hybridized carbons (Fsp3) is 0.294. The first-order chi connectivity index (χ1) is 10.6. The quantitative estimate of drug-likeness (QED) is 0.942. The molecule has 0 saturated heterocycles. The molecule has 1 N–H and O–H groups in total. The Hall–Kier alpha value is -2.14. The number of hydrogen-bond donors (Lipinski definition) is 1. The van der Waals surface area contributed by atoms with Crippen LogP contribution in [0.2, 0.25) is 0 Å². The summed E-state index contributed by atoms with van der Waals surface area (Å²) in [6.07, 6.45) is 2.09. The topological polar surface area (TPSA) is 49.4 Å². The number of nitrogens with zero attached hydrogens (tertiary/aromatic N) is 1. The van der Waals surface area contributed by atoms with E-state index < -0.39 is 0 Å². The first-order valence-corrected chi connectivity index (χ1v) is 8.25. The van der Waals surface area contributed by atoms with Crippen LogP contribution >= 0.6 is 11.3 Å². The predicted octanol–water partition coefficient (Wildman–Crippen LogP) is 3.23. The number of nitrogens with one attached hydrogen (secondary N) is 1. The number of thiophene rings is 1. The van der Waals surface area contributed by atoms with E-state index in [4.69, 9.17) is 0 Å². The Bertz CT molecular complexity index is 695. The van der Waals surface area contributed by atoms with Crippen LogP contribution in [0.3, 0.4) is 0 Å². The highest BCUT2D eigenvalue weighted by Gasteiger charge is 2.22.